The van der Waals surface area contributed by atoms with E-state index >= 15 is 0 Å². The monoisotopic (exact) mass is 438 g/mol. The van der Waals surface area contributed by atoms with Crippen molar-refractivity contribution in [2.24, 2.45) is 0 Å². The third-order valence-corrected chi connectivity index (χ3v) is 5.84. The summed E-state index contributed by atoms with van der Waals surface area (Å²) in [6, 6.07) is 14.1. The quantitative estimate of drug-likeness (QED) is 0.576. The van der Waals surface area contributed by atoms with E-state index in [1.165, 1.54) is 30.5 Å². The lowest BCUT2D eigenvalue weighted by Crippen LogP contribution is -2.23. The number of amides is 1. The Morgan fingerprint density at radius 3 is 2.43 bits per heavy atom. The lowest BCUT2D eigenvalue weighted by molar-refractivity contribution is -0.115. The van der Waals surface area contributed by atoms with Crippen molar-refractivity contribution in [3.05, 3.63) is 82.2 Å². The minimum absolute atomic E-state index is 0.0513. The van der Waals surface area contributed by atoms with E-state index in [4.69, 9.17) is 27.6 Å². The van der Waals surface area contributed by atoms with Crippen LogP contribution in [-0.4, -0.2) is 14.3 Å². The van der Waals surface area contributed by atoms with Gasteiger partial charge in [0.05, 0.1) is 24.1 Å². The molecule has 3 rings (SSSR count). The Balaban J connectivity index is 1.61. The number of carbonyl (C=O) groups is 1. The molecule has 0 aliphatic carbocycles. The maximum Gasteiger partial charge on any atom is 0.240 e. The minimum atomic E-state index is -3.69. The number of sulfonamides is 1. The zero-order valence-corrected chi connectivity index (χ0v) is 16.8. The molecule has 0 atom stereocenters. The number of nitrogens with one attached hydrogen (secondary N) is 2. The van der Waals surface area contributed by atoms with Crippen LogP contribution in [0.4, 0.5) is 5.69 Å². The summed E-state index contributed by atoms with van der Waals surface area (Å²) in [7, 11) is -3.69. The predicted molar refractivity (Wildman–Crippen MR) is 108 cm³/mol. The van der Waals surface area contributed by atoms with Crippen molar-refractivity contribution >= 4 is 44.8 Å². The van der Waals surface area contributed by atoms with Crippen LogP contribution in [-0.2, 0) is 27.8 Å². The van der Waals surface area contributed by atoms with Crippen LogP contribution in [0.5, 0.6) is 0 Å². The van der Waals surface area contributed by atoms with E-state index in [0.29, 0.717) is 27.1 Å². The average Bonchev–Trinajstić information content (AvgIpc) is 3.17. The van der Waals surface area contributed by atoms with Gasteiger partial charge in [0.1, 0.15) is 5.76 Å². The van der Waals surface area contributed by atoms with Crippen LogP contribution < -0.4 is 10.0 Å². The third kappa shape index (κ3) is 5.36. The van der Waals surface area contributed by atoms with Crippen LogP contribution in [0.2, 0.25) is 10.0 Å². The highest BCUT2D eigenvalue weighted by Gasteiger charge is 2.15. The summed E-state index contributed by atoms with van der Waals surface area (Å²) in [4.78, 5) is 12.3. The molecule has 0 aliphatic rings. The van der Waals surface area contributed by atoms with Gasteiger partial charge in [0.25, 0.3) is 0 Å². The van der Waals surface area contributed by atoms with Crippen molar-refractivity contribution in [1.82, 2.24) is 4.72 Å². The largest absolute Gasteiger partial charge is 0.468 e. The van der Waals surface area contributed by atoms with Crippen molar-refractivity contribution in [3.63, 3.8) is 0 Å². The number of anilines is 1. The predicted octanol–water partition coefficient (Wildman–Crippen LogP) is 4.25. The molecule has 0 saturated heterocycles. The number of halogens is 2. The highest BCUT2D eigenvalue weighted by Crippen LogP contribution is 2.22. The number of furan rings is 1. The molecule has 0 unspecified atom stereocenters. The minimum Gasteiger partial charge on any atom is -0.468 e. The molecular formula is C19H16Cl2N2O4S. The Bertz CT molecular complexity index is 1070. The summed E-state index contributed by atoms with van der Waals surface area (Å²) < 4.78 is 32.2. The van der Waals surface area contributed by atoms with E-state index in [2.05, 4.69) is 10.0 Å². The maximum atomic E-state index is 12.3. The van der Waals surface area contributed by atoms with Gasteiger partial charge in [-0.1, -0.05) is 29.3 Å². The van der Waals surface area contributed by atoms with Crippen LogP contribution in [0.3, 0.4) is 0 Å². The van der Waals surface area contributed by atoms with E-state index in [0.717, 1.165) is 0 Å². The Morgan fingerprint density at radius 2 is 1.79 bits per heavy atom. The molecule has 2 N–H and O–H groups in total. The number of benzene rings is 2. The van der Waals surface area contributed by atoms with Crippen LogP contribution in [0.25, 0.3) is 0 Å². The Kier molecular flexibility index (Phi) is 6.41. The molecule has 6 nitrogen and oxygen atoms in total. The summed E-state index contributed by atoms with van der Waals surface area (Å²) in [5.74, 6) is 0.226. The van der Waals surface area contributed by atoms with E-state index in [-0.39, 0.29) is 23.8 Å². The molecule has 28 heavy (non-hydrogen) atoms. The van der Waals surface area contributed by atoms with Gasteiger partial charge < -0.3 is 9.73 Å². The fraction of sp³-hybridized carbons (Fsp3) is 0.105. The van der Waals surface area contributed by atoms with Crippen molar-refractivity contribution < 1.29 is 17.6 Å². The second-order valence-corrected chi connectivity index (χ2v) is 8.50. The van der Waals surface area contributed by atoms with Crippen LogP contribution in [0.1, 0.15) is 11.3 Å². The number of carbonyl (C=O) groups excluding carboxylic acids is 1. The summed E-state index contributed by atoms with van der Waals surface area (Å²) in [6.45, 7) is 0.0513. The second-order valence-electron chi connectivity index (χ2n) is 5.89. The van der Waals surface area contributed by atoms with Gasteiger partial charge >= 0.3 is 0 Å². The first-order valence-electron chi connectivity index (χ1n) is 8.19. The standard InChI is InChI=1S/C19H16Cl2N2O4S/c20-14-4-3-13(18(21)11-14)10-19(24)23-15-5-7-17(8-6-15)28(25,26)22-12-16-2-1-9-27-16/h1-9,11,22H,10,12H2,(H,23,24). The summed E-state index contributed by atoms with van der Waals surface area (Å²) in [5.41, 5.74) is 1.12. The zero-order chi connectivity index (χ0) is 20.1. The van der Waals surface area contributed by atoms with Crippen molar-refractivity contribution in [2.45, 2.75) is 17.9 Å². The Morgan fingerprint density at radius 1 is 1.04 bits per heavy atom. The molecule has 1 amide bonds. The number of hydrogen-bond donors (Lipinski definition) is 2. The van der Waals surface area contributed by atoms with E-state index in [1.807, 2.05) is 0 Å². The van der Waals surface area contributed by atoms with E-state index in [1.54, 1.807) is 30.3 Å². The average molecular weight is 439 g/mol. The molecular weight excluding hydrogens is 423 g/mol. The summed E-state index contributed by atoms with van der Waals surface area (Å²) >= 11 is 11.9. The van der Waals surface area contributed by atoms with Gasteiger partial charge in [-0.05, 0) is 54.1 Å². The molecule has 0 bridgehead atoms. The Labute approximate surface area is 172 Å². The van der Waals surface area contributed by atoms with Gasteiger partial charge in [-0.3, -0.25) is 4.79 Å². The first-order chi connectivity index (χ1) is 13.3. The lowest BCUT2D eigenvalue weighted by Gasteiger charge is -2.09. The highest BCUT2D eigenvalue weighted by atomic mass is 35.5. The first kappa shape index (κ1) is 20.4. The molecule has 1 heterocycles. The molecule has 2 aromatic carbocycles. The second kappa shape index (κ2) is 8.79. The van der Waals surface area contributed by atoms with Crippen LogP contribution in [0, 0.1) is 0 Å². The van der Waals surface area contributed by atoms with Crippen LogP contribution >= 0.6 is 23.2 Å². The van der Waals surface area contributed by atoms with E-state index in [9.17, 15) is 13.2 Å². The molecule has 0 fully saturated rings. The van der Waals surface area contributed by atoms with Gasteiger partial charge in [0.15, 0.2) is 0 Å². The summed E-state index contributed by atoms with van der Waals surface area (Å²) in [5, 5.41) is 3.61. The molecule has 9 heteroatoms. The Hall–Kier alpha value is -2.32. The maximum absolute atomic E-state index is 12.3. The molecule has 1 aromatic heterocycles. The molecule has 0 radical (unpaired) electrons. The smallest absolute Gasteiger partial charge is 0.240 e. The molecule has 3 aromatic rings. The van der Waals surface area contributed by atoms with Gasteiger partial charge in [0, 0.05) is 15.7 Å². The SMILES string of the molecule is O=C(Cc1ccc(Cl)cc1Cl)Nc1ccc(S(=O)(=O)NCc2ccco2)cc1. The summed E-state index contributed by atoms with van der Waals surface area (Å²) in [6.07, 6.45) is 1.54. The first-order valence-corrected chi connectivity index (χ1v) is 10.4. The van der Waals surface area contributed by atoms with Gasteiger partial charge in [-0.25, -0.2) is 13.1 Å². The zero-order valence-electron chi connectivity index (χ0n) is 14.5. The molecule has 0 spiro atoms. The number of rotatable bonds is 7. The number of hydrogen-bond acceptors (Lipinski definition) is 4. The van der Waals surface area contributed by atoms with Crippen molar-refractivity contribution in [3.8, 4) is 0 Å². The van der Waals surface area contributed by atoms with Gasteiger partial charge in [0.2, 0.25) is 15.9 Å². The molecule has 0 aliphatic heterocycles. The highest BCUT2D eigenvalue weighted by molar-refractivity contribution is 7.89. The topological polar surface area (TPSA) is 88.4 Å². The van der Waals surface area contributed by atoms with Gasteiger partial charge in [-0.2, -0.15) is 0 Å². The molecule has 146 valence electrons. The van der Waals surface area contributed by atoms with Crippen molar-refractivity contribution in [1.29, 1.82) is 0 Å². The van der Waals surface area contributed by atoms with Gasteiger partial charge in [-0.15, -0.1) is 0 Å². The normalized spacial score (nSPS) is 11.4. The van der Waals surface area contributed by atoms with Crippen LogP contribution in [0.15, 0.2) is 70.2 Å². The van der Waals surface area contributed by atoms with Crippen molar-refractivity contribution in [2.75, 3.05) is 5.32 Å². The fourth-order valence-corrected chi connectivity index (χ4v) is 3.89. The van der Waals surface area contributed by atoms with E-state index < -0.39 is 10.0 Å². The molecule has 0 saturated carbocycles. The lowest BCUT2D eigenvalue weighted by atomic mass is 10.1. The fourth-order valence-electron chi connectivity index (χ4n) is 2.42. The third-order valence-electron chi connectivity index (χ3n) is 3.83.